The van der Waals surface area contributed by atoms with Gasteiger partial charge in [-0.3, -0.25) is 9.69 Å². The quantitative estimate of drug-likeness (QED) is 0.525. The number of rotatable bonds is 5. The van der Waals surface area contributed by atoms with Gasteiger partial charge in [0.05, 0.1) is 11.2 Å². The van der Waals surface area contributed by atoms with Gasteiger partial charge in [-0.15, -0.1) is 0 Å². The summed E-state index contributed by atoms with van der Waals surface area (Å²) in [5.74, 6) is 1.05. The number of benzene rings is 1. The van der Waals surface area contributed by atoms with Gasteiger partial charge in [0, 0.05) is 37.0 Å². The normalized spacial score (nSPS) is 13.5. The number of nitrogens with one attached hydrogen (secondary N) is 1. The average Bonchev–Trinajstić information content (AvgIpc) is 3.30. The third-order valence-electron chi connectivity index (χ3n) is 5.72. The van der Waals surface area contributed by atoms with Gasteiger partial charge in [0.2, 0.25) is 0 Å². The van der Waals surface area contributed by atoms with Gasteiger partial charge in [-0.25, -0.2) is 9.97 Å². The van der Waals surface area contributed by atoms with Crippen LogP contribution in [0, 0.1) is 6.92 Å². The number of carbonyl (C=O) groups excluding carboxylic acids is 1. The Bertz CT molecular complexity index is 1290. The van der Waals surface area contributed by atoms with Crippen LogP contribution in [0.4, 0.5) is 5.82 Å². The molecule has 7 nitrogen and oxygen atoms in total. The minimum Gasteiger partial charge on any atom is -0.366 e. The predicted molar refractivity (Wildman–Crippen MR) is 121 cm³/mol. The fourth-order valence-corrected chi connectivity index (χ4v) is 4.26. The van der Waals surface area contributed by atoms with E-state index in [2.05, 4.69) is 29.4 Å². The maximum atomic E-state index is 11.9. The van der Waals surface area contributed by atoms with Crippen LogP contribution in [0.5, 0.6) is 0 Å². The molecule has 1 aromatic carbocycles. The highest BCUT2D eigenvalue weighted by Crippen LogP contribution is 2.33. The van der Waals surface area contributed by atoms with E-state index in [0.717, 1.165) is 46.8 Å². The molecule has 0 radical (unpaired) electrons. The zero-order valence-electron chi connectivity index (χ0n) is 17.6. The van der Waals surface area contributed by atoms with Crippen LogP contribution in [0.2, 0.25) is 0 Å². The Morgan fingerprint density at radius 1 is 1.10 bits per heavy atom. The molecule has 0 spiro atoms. The molecule has 1 aliphatic heterocycles. The number of primary amides is 1. The summed E-state index contributed by atoms with van der Waals surface area (Å²) in [7, 11) is 2.08. The van der Waals surface area contributed by atoms with E-state index in [1.165, 1.54) is 5.56 Å². The molecule has 0 saturated carbocycles. The number of carbonyl (C=O) groups is 1. The van der Waals surface area contributed by atoms with Crippen molar-refractivity contribution in [3.63, 3.8) is 0 Å². The lowest BCUT2D eigenvalue weighted by Crippen LogP contribution is -2.14. The molecule has 0 aliphatic carbocycles. The van der Waals surface area contributed by atoms with Crippen LogP contribution in [-0.4, -0.2) is 32.2 Å². The summed E-state index contributed by atoms with van der Waals surface area (Å²) < 4.78 is 1.83. The standard InChI is InChI=1S/C24H24N6O/c1-15-12-30-19(9-6-10-20(30)22(25)31)21(15)24-27-18-14-29(2)13-17(18)23(28-24)26-11-16-7-4-3-5-8-16/h3-10,12H,11,13-14H2,1-2H3,(H2,25,31)(H,26,27,28). The van der Waals surface area contributed by atoms with E-state index in [1.807, 2.05) is 47.9 Å². The van der Waals surface area contributed by atoms with Gasteiger partial charge in [-0.2, -0.15) is 0 Å². The highest BCUT2D eigenvalue weighted by molar-refractivity contribution is 5.93. The number of amides is 1. The zero-order chi connectivity index (χ0) is 21.5. The number of nitrogens with two attached hydrogens (primary N) is 1. The van der Waals surface area contributed by atoms with Crippen molar-refractivity contribution in [3.8, 4) is 11.4 Å². The smallest absolute Gasteiger partial charge is 0.265 e. The molecule has 4 aromatic rings. The predicted octanol–water partition coefficient (Wildman–Crippen LogP) is 3.36. The molecular formula is C24H24N6O. The SMILES string of the molecule is Cc1cn2c(C(N)=O)cccc2c1-c1nc2c(c(NCc3ccccc3)n1)CN(C)C2. The Kier molecular flexibility index (Phi) is 4.67. The Hall–Kier alpha value is -3.71. The second-order valence-corrected chi connectivity index (χ2v) is 8.05. The molecule has 4 heterocycles. The molecule has 3 aromatic heterocycles. The monoisotopic (exact) mass is 412 g/mol. The average molecular weight is 412 g/mol. The second kappa shape index (κ2) is 7.52. The third-order valence-corrected chi connectivity index (χ3v) is 5.72. The number of hydrogen-bond acceptors (Lipinski definition) is 5. The molecule has 1 aliphatic rings. The fraction of sp³-hybridized carbons (Fsp3) is 0.208. The van der Waals surface area contributed by atoms with Crippen molar-refractivity contribution in [1.29, 1.82) is 0 Å². The first-order chi connectivity index (χ1) is 15.0. The summed E-state index contributed by atoms with van der Waals surface area (Å²) in [6, 6.07) is 15.8. The Balaban J connectivity index is 1.62. The molecule has 156 valence electrons. The lowest BCUT2D eigenvalue weighted by Gasteiger charge is -2.12. The molecule has 3 N–H and O–H groups in total. The summed E-state index contributed by atoms with van der Waals surface area (Å²) in [5.41, 5.74) is 12.2. The first-order valence-corrected chi connectivity index (χ1v) is 10.3. The van der Waals surface area contributed by atoms with Crippen molar-refractivity contribution in [2.75, 3.05) is 12.4 Å². The van der Waals surface area contributed by atoms with Gasteiger partial charge in [0.1, 0.15) is 11.5 Å². The number of pyridine rings is 1. The number of hydrogen-bond donors (Lipinski definition) is 2. The topological polar surface area (TPSA) is 88.5 Å². The van der Waals surface area contributed by atoms with Gasteiger partial charge >= 0.3 is 0 Å². The second-order valence-electron chi connectivity index (χ2n) is 8.05. The van der Waals surface area contributed by atoms with E-state index in [0.29, 0.717) is 18.1 Å². The van der Waals surface area contributed by atoms with Crippen LogP contribution < -0.4 is 11.1 Å². The van der Waals surface area contributed by atoms with E-state index in [1.54, 1.807) is 6.07 Å². The van der Waals surface area contributed by atoms with E-state index in [4.69, 9.17) is 15.7 Å². The summed E-state index contributed by atoms with van der Waals surface area (Å²) in [6.07, 6.45) is 1.92. The minimum atomic E-state index is -0.464. The zero-order valence-corrected chi connectivity index (χ0v) is 17.6. The molecule has 31 heavy (non-hydrogen) atoms. The molecule has 0 bridgehead atoms. The highest BCUT2D eigenvalue weighted by Gasteiger charge is 2.25. The number of fused-ring (bicyclic) bond motifs is 2. The molecule has 0 atom stereocenters. The van der Waals surface area contributed by atoms with E-state index in [-0.39, 0.29) is 0 Å². The van der Waals surface area contributed by atoms with E-state index < -0.39 is 5.91 Å². The van der Waals surface area contributed by atoms with Crippen molar-refractivity contribution < 1.29 is 4.79 Å². The summed E-state index contributed by atoms with van der Waals surface area (Å²) in [6.45, 7) is 4.29. The lowest BCUT2D eigenvalue weighted by atomic mass is 10.1. The molecule has 0 fully saturated rings. The number of aromatic nitrogens is 3. The van der Waals surface area contributed by atoms with Gasteiger partial charge in [-0.1, -0.05) is 36.4 Å². The maximum absolute atomic E-state index is 11.9. The van der Waals surface area contributed by atoms with Gasteiger partial charge in [0.25, 0.3) is 5.91 Å². The molecular weight excluding hydrogens is 388 g/mol. The number of anilines is 1. The van der Waals surface area contributed by atoms with Crippen LogP contribution in [-0.2, 0) is 19.6 Å². The third kappa shape index (κ3) is 3.43. The van der Waals surface area contributed by atoms with Crippen molar-refractivity contribution in [2.45, 2.75) is 26.6 Å². The first kappa shape index (κ1) is 19.3. The van der Waals surface area contributed by atoms with Gasteiger partial charge in [-0.05, 0) is 37.2 Å². The minimum absolute atomic E-state index is 0.440. The fourth-order valence-electron chi connectivity index (χ4n) is 4.26. The molecule has 5 rings (SSSR count). The summed E-state index contributed by atoms with van der Waals surface area (Å²) >= 11 is 0. The van der Waals surface area contributed by atoms with E-state index >= 15 is 0 Å². The molecule has 0 saturated heterocycles. The van der Waals surface area contributed by atoms with Crippen molar-refractivity contribution in [2.24, 2.45) is 5.73 Å². The highest BCUT2D eigenvalue weighted by atomic mass is 16.1. The molecule has 1 amide bonds. The summed E-state index contributed by atoms with van der Waals surface area (Å²) in [4.78, 5) is 24.0. The van der Waals surface area contributed by atoms with Crippen molar-refractivity contribution in [1.82, 2.24) is 19.3 Å². The number of nitrogens with zero attached hydrogens (tertiary/aromatic N) is 4. The van der Waals surface area contributed by atoms with Crippen LogP contribution in [0.15, 0.2) is 54.7 Å². The number of aryl methyl sites for hydroxylation is 1. The Morgan fingerprint density at radius 3 is 2.68 bits per heavy atom. The first-order valence-electron chi connectivity index (χ1n) is 10.3. The Morgan fingerprint density at radius 2 is 1.90 bits per heavy atom. The summed E-state index contributed by atoms with van der Waals surface area (Å²) in [5, 5.41) is 3.52. The largest absolute Gasteiger partial charge is 0.366 e. The van der Waals surface area contributed by atoms with Crippen LogP contribution in [0.3, 0.4) is 0 Å². The lowest BCUT2D eigenvalue weighted by molar-refractivity contribution is 0.0994. The Labute approximate surface area is 180 Å². The van der Waals surface area contributed by atoms with Crippen LogP contribution in [0.1, 0.15) is 32.9 Å². The molecule has 7 heteroatoms. The van der Waals surface area contributed by atoms with Gasteiger partial charge in [0.15, 0.2) is 5.82 Å². The van der Waals surface area contributed by atoms with Crippen LogP contribution >= 0.6 is 0 Å². The van der Waals surface area contributed by atoms with E-state index in [9.17, 15) is 4.79 Å². The molecule has 0 unspecified atom stereocenters. The maximum Gasteiger partial charge on any atom is 0.265 e. The van der Waals surface area contributed by atoms with Crippen molar-refractivity contribution in [3.05, 3.63) is 82.8 Å². The van der Waals surface area contributed by atoms with Gasteiger partial charge < -0.3 is 15.5 Å². The van der Waals surface area contributed by atoms with Crippen molar-refractivity contribution >= 4 is 17.2 Å². The van der Waals surface area contributed by atoms with Crippen LogP contribution in [0.25, 0.3) is 16.9 Å².